The zero-order chi connectivity index (χ0) is 8.85. The molecular formula is C5H10NO4P. The number of carbonyl (C=O) groups is 1. The minimum absolute atomic E-state index is 0.350. The summed E-state index contributed by atoms with van der Waals surface area (Å²) < 4.78 is 11.2. The fraction of sp³-hybridized carbons (Fsp3) is 0.800. The Labute approximate surface area is 65.9 Å². The molecular weight excluding hydrogens is 169 g/mol. The minimum Gasteiger partial charge on any atom is -0.480 e. The van der Waals surface area contributed by atoms with E-state index in [1.54, 1.807) is 6.92 Å². The van der Waals surface area contributed by atoms with E-state index in [1.165, 1.54) is 0 Å². The molecule has 0 aliphatic carbocycles. The molecule has 0 saturated carbocycles. The van der Waals surface area contributed by atoms with Gasteiger partial charge >= 0.3 is 5.97 Å². The quantitative estimate of drug-likeness (QED) is 0.469. The molecule has 64 valence electrons. The van der Waals surface area contributed by atoms with Gasteiger partial charge in [-0.1, -0.05) is 6.92 Å². The van der Waals surface area contributed by atoms with Crippen LogP contribution < -0.4 is 0 Å². The molecule has 11 heavy (non-hydrogen) atoms. The number of hydrogen-bond acceptors (Lipinski definition) is 3. The molecule has 0 saturated heterocycles. The van der Waals surface area contributed by atoms with E-state index in [2.05, 4.69) is 0 Å². The number of aliphatic hydroxyl groups is 1. The van der Waals surface area contributed by atoms with E-state index in [0.717, 1.165) is 4.67 Å². The van der Waals surface area contributed by atoms with Gasteiger partial charge < -0.3 is 10.2 Å². The third-order valence-corrected chi connectivity index (χ3v) is 1.73. The van der Waals surface area contributed by atoms with Crippen LogP contribution in [0, 0.1) is 0 Å². The van der Waals surface area contributed by atoms with Gasteiger partial charge in [-0.25, -0.2) is 0 Å². The van der Waals surface area contributed by atoms with E-state index in [0.29, 0.717) is 6.42 Å². The number of carboxylic acid groups (broad SMARTS) is 1. The summed E-state index contributed by atoms with van der Waals surface area (Å²) in [6.07, 6.45) is -0.604. The standard InChI is InChI=1S/C5H10NO4P/c1-2-4(7)6(11-10)3-5(8)9/h4,7H,2-3H2,1H3,(H,8,9). The number of aliphatic hydroxyl groups excluding tert-OH is 1. The second-order valence-corrected chi connectivity index (χ2v) is 2.64. The molecule has 6 heteroatoms. The van der Waals surface area contributed by atoms with Gasteiger partial charge in [-0.15, -0.1) is 0 Å². The van der Waals surface area contributed by atoms with Crippen LogP contribution in [-0.4, -0.2) is 33.6 Å². The lowest BCUT2D eigenvalue weighted by molar-refractivity contribution is -0.138. The molecule has 5 nitrogen and oxygen atoms in total. The third-order valence-electron chi connectivity index (χ3n) is 1.11. The fourth-order valence-electron chi connectivity index (χ4n) is 0.538. The number of rotatable bonds is 5. The van der Waals surface area contributed by atoms with E-state index < -0.39 is 27.4 Å². The van der Waals surface area contributed by atoms with Crippen LogP contribution in [0.15, 0.2) is 0 Å². The molecule has 0 amide bonds. The first kappa shape index (κ1) is 10.5. The van der Waals surface area contributed by atoms with Gasteiger partial charge in [-0.3, -0.25) is 9.36 Å². The maximum absolute atomic E-state index is 10.2. The van der Waals surface area contributed by atoms with Crippen LogP contribution in [0.4, 0.5) is 0 Å². The molecule has 0 radical (unpaired) electrons. The first-order chi connectivity index (χ1) is 5.11. The van der Waals surface area contributed by atoms with Gasteiger partial charge in [0.1, 0.15) is 12.8 Å². The van der Waals surface area contributed by atoms with Crippen molar-refractivity contribution in [2.75, 3.05) is 6.54 Å². The summed E-state index contributed by atoms with van der Waals surface area (Å²) in [5, 5.41) is 17.3. The maximum Gasteiger partial charge on any atom is 0.318 e. The molecule has 0 spiro atoms. The van der Waals surface area contributed by atoms with E-state index >= 15 is 0 Å². The monoisotopic (exact) mass is 179 g/mol. The average Bonchev–Trinajstić information content (AvgIpc) is 1.98. The summed E-state index contributed by atoms with van der Waals surface area (Å²) in [5.41, 5.74) is 0. The molecule has 0 rings (SSSR count). The summed E-state index contributed by atoms with van der Waals surface area (Å²) in [6.45, 7) is 1.25. The summed E-state index contributed by atoms with van der Waals surface area (Å²) in [6, 6.07) is 0. The highest BCUT2D eigenvalue weighted by atomic mass is 31.1. The first-order valence-corrected chi connectivity index (χ1v) is 3.88. The topological polar surface area (TPSA) is 77.8 Å². The van der Waals surface area contributed by atoms with Crippen molar-refractivity contribution in [3.63, 3.8) is 0 Å². The SMILES string of the molecule is CCC(O)N(CC(=O)O)P=O. The molecule has 0 aliphatic rings. The van der Waals surface area contributed by atoms with E-state index in [4.69, 9.17) is 10.2 Å². The largest absolute Gasteiger partial charge is 0.480 e. The zero-order valence-corrected chi connectivity index (χ0v) is 6.99. The van der Waals surface area contributed by atoms with Crippen molar-refractivity contribution >= 4 is 14.6 Å². The second kappa shape index (κ2) is 5.18. The lowest BCUT2D eigenvalue weighted by Gasteiger charge is -2.16. The van der Waals surface area contributed by atoms with E-state index in [-0.39, 0.29) is 0 Å². The molecule has 0 aliphatic heterocycles. The molecule has 0 aromatic heterocycles. The predicted molar refractivity (Wildman–Crippen MR) is 38.2 cm³/mol. The van der Waals surface area contributed by atoms with Crippen molar-refractivity contribution in [1.29, 1.82) is 0 Å². The number of carboxylic acids is 1. The number of hydrogen-bond donors (Lipinski definition) is 2. The van der Waals surface area contributed by atoms with Crippen LogP contribution in [-0.2, 0) is 9.36 Å². The third kappa shape index (κ3) is 4.03. The molecule has 1 unspecified atom stereocenters. The first-order valence-electron chi connectivity index (χ1n) is 3.11. The molecule has 0 heterocycles. The average molecular weight is 179 g/mol. The van der Waals surface area contributed by atoms with Gasteiger partial charge in [-0.2, -0.15) is 4.67 Å². The van der Waals surface area contributed by atoms with Gasteiger partial charge in [0.15, 0.2) is 0 Å². The Hall–Kier alpha value is -0.510. The molecule has 0 fully saturated rings. The second-order valence-electron chi connectivity index (χ2n) is 1.96. The Bertz CT molecular complexity index is 151. The highest BCUT2D eigenvalue weighted by Crippen LogP contribution is 2.10. The van der Waals surface area contributed by atoms with Gasteiger partial charge in [0.2, 0.25) is 0 Å². The lowest BCUT2D eigenvalue weighted by Crippen LogP contribution is -2.30. The van der Waals surface area contributed by atoms with Crippen molar-refractivity contribution in [3.8, 4) is 0 Å². The van der Waals surface area contributed by atoms with Crippen LogP contribution in [0.1, 0.15) is 13.3 Å². The summed E-state index contributed by atoms with van der Waals surface area (Å²) >= 11 is 0. The number of aliphatic carboxylic acids is 1. The van der Waals surface area contributed by atoms with Crippen LogP contribution in [0.3, 0.4) is 0 Å². The Balaban J connectivity index is 3.94. The van der Waals surface area contributed by atoms with Crippen molar-refractivity contribution < 1.29 is 19.6 Å². The summed E-state index contributed by atoms with van der Waals surface area (Å²) in [4.78, 5) is 10.1. The molecule has 2 N–H and O–H groups in total. The molecule has 0 aromatic rings. The zero-order valence-electron chi connectivity index (χ0n) is 6.10. The highest BCUT2D eigenvalue weighted by molar-refractivity contribution is 7.20. The van der Waals surface area contributed by atoms with Crippen molar-refractivity contribution in [2.24, 2.45) is 0 Å². The van der Waals surface area contributed by atoms with Crippen LogP contribution in [0.25, 0.3) is 0 Å². The van der Waals surface area contributed by atoms with E-state index in [1.807, 2.05) is 0 Å². The predicted octanol–water partition coefficient (Wildman–Crippen LogP) is 0.308. The smallest absolute Gasteiger partial charge is 0.318 e. The Kier molecular flexibility index (Phi) is 4.94. The molecule has 0 bridgehead atoms. The van der Waals surface area contributed by atoms with Crippen LogP contribution in [0.5, 0.6) is 0 Å². The van der Waals surface area contributed by atoms with Crippen molar-refractivity contribution in [1.82, 2.24) is 4.67 Å². The van der Waals surface area contributed by atoms with Crippen molar-refractivity contribution in [3.05, 3.63) is 0 Å². The molecule has 1 atom stereocenters. The Morgan fingerprint density at radius 1 is 1.73 bits per heavy atom. The van der Waals surface area contributed by atoms with E-state index in [9.17, 15) is 9.36 Å². The summed E-state index contributed by atoms with van der Waals surface area (Å²) in [7, 11) is -0.468. The van der Waals surface area contributed by atoms with Crippen LogP contribution in [0.2, 0.25) is 0 Å². The molecule has 0 aromatic carbocycles. The summed E-state index contributed by atoms with van der Waals surface area (Å²) in [5.74, 6) is -1.11. The normalized spacial score (nSPS) is 13.7. The van der Waals surface area contributed by atoms with Crippen LogP contribution >= 0.6 is 8.61 Å². The Morgan fingerprint density at radius 2 is 2.27 bits per heavy atom. The number of nitrogens with zero attached hydrogens (tertiary/aromatic N) is 1. The Morgan fingerprint density at radius 3 is 2.55 bits per heavy atom. The highest BCUT2D eigenvalue weighted by Gasteiger charge is 2.16. The van der Waals surface area contributed by atoms with Gasteiger partial charge in [0.05, 0.1) is 0 Å². The van der Waals surface area contributed by atoms with Gasteiger partial charge in [0, 0.05) is 0 Å². The van der Waals surface area contributed by atoms with Gasteiger partial charge in [-0.05, 0) is 6.42 Å². The van der Waals surface area contributed by atoms with Gasteiger partial charge in [0.25, 0.3) is 8.61 Å². The lowest BCUT2D eigenvalue weighted by atomic mass is 10.4. The fourth-order valence-corrected chi connectivity index (χ4v) is 0.989. The maximum atomic E-state index is 10.2. The minimum atomic E-state index is -1.11. The van der Waals surface area contributed by atoms with Crippen molar-refractivity contribution in [2.45, 2.75) is 19.6 Å².